The van der Waals surface area contributed by atoms with Crippen LogP contribution in [0.4, 0.5) is 8.78 Å². The maximum atomic E-state index is 13.6. The average molecular weight is 243 g/mol. The molecule has 0 N–H and O–H groups in total. The summed E-state index contributed by atoms with van der Waals surface area (Å²) in [5.41, 5.74) is -0.490. The first-order chi connectivity index (χ1) is 7.93. The second kappa shape index (κ2) is 3.43. The SMILES string of the molecule is CCC(C)C[C@@]12CCCN1C[C@@]1(CC1(F)F)C2. The number of halogens is 2. The highest BCUT2D eigenvalue weighted by Gasteiger charge is 2.76. The number of nitrogens with zero attached hydrogens (tertiary/aromatic N) is 1. The zero-order valence-corrected chi connectivity index (χ0v) is 10.9. The molecule has 1 spiro atoms. The third-order valence-electron chi connectivity index (χ3n) is 5.54. The van der Waals surface area contributed by atoms with Gasteiger partial charge in [0.2, 0.25) is 0 Å². The van der Waals surface area contributed by atoms with Crippen molar-refractivity contribution in [1.82, 2.24) is 4.90 Å². The van der Waals surface area contributed by atoms with Gasteiger partial charge in [-0.3, -0.25) is 4.90 Å². The monoisotopic (exact) mass is 243 g/mol. The van der Waals surface area contributed by atoms with Crippen LogP contribution < -0.4 is 0 Å². The first-order valence-corrected chi connectivity index (χ1v) is 7.06. The van der Waals surface area contributed by atoms with Gasteiger partial charge >= 0.3 is 0 Å². The average Bonchev–Trinajstić information content (AvgIpc) is 2.56. The highest BCUT2D eigenvalue weighted by molar-refractivity contribution is 5.22. The van der Waals surface area contributed by atoms with Crippen molar-refractivity contribution in [2.45, 2.75) is 63.8 Å². The Kier molecular flexibility index (Phi) is 2.40. The standard InChI is InChI=1S/C14H23F2N/c1-3-11(2)7-13-5-4-6-17(13)10-12(8-13)9-14(12,15)16/h11H,3-10H2,1-2H3/t11?,12-,13+/m0/s1. The molecule has 0 aromatic heterocycles. The number of rotatable bonds is 3. The maximum absolute atomic E-state index is 13.6. The lowest BCUT2D eigenvalue weighted by molar-refractivity contribution is 0.0654. The van der Waals surface area contributed by atoms with Crippen LogP contribution in [0.5, 0.6) is 0 Å². The van der Waals surface area contributed by atoms with Crippen molar-refractivity contribution in [2.24, 2.45) is 11.3 Å². The van der Waals surface area contributed by atoms with Crippen molar-refractivity contribution in [3.8, 4) is 0 Å². The van der Waals surface area contributed by atoms with Crippen molar-refractivity contribution in [3.05, 3.63) is 0 Å². The van der Waals surface area contributed by atoms with E-state index in [2.05, 4.69) is 18.7 Å². The van der Waals surface area contributed by atoms with E-state index in [-0.39, 0.29) is 12.0 Å². The Morgan fingerprint density at radius 2 is 2.00 bits per heavy atom. The molecule has 0 aromatic rings. The van der Waals surface area contributed by atoms with Gasteiger partial charge in [-0.05, 0) is 38.1 Å². The molecule has 3 aliphatic rings. The Morgan fingerprint density at radius 1 is 1.29 bits per heavy atom. The van der Waals surface area contributed by atoms with Gasteiger partial charge in [0.25, 0.3) is 5.92 Å². The van der Waals surface area contributed by atoms with Gasteiger partial charge in [0, 0.05) is 18.5 Å². The Hall–Kier alpha value is -0.180. The molecule has 0 aromatic carbocycles. The first-order valence-electron chi connectivity index (χ1n) is 7.06. The highest BCUT2D eigenvalue weighted by atomic mass is 19.3. The fourth-order valence-corrected chi connectivity index (χ4v) is 4.33. The fourth-order valence-electron chi connectivity index (χ4n) is 4.33. The highest BCUT2D eigenvalue weighted by Crippen LogP contribution is 2.70. The molecular formula is C14H23F2N. The summed E-state index contributed by atoms with van der Waals surface area (Å²) in [6.07, 6.45) is 5.56. The molecule has 3 atom stereocenters. The largest absolute Gasteiger partial charge is 0.297 e. The summed E-state index contributed by atoms with van der Waals surface area (Å²) in [4.78, 5) is 2.40. The van der Waals surface area contributed by atoms with Crippen molar-refractivity contribution in [1.29, 1.82) is 0 Å². The van der Waals surface area contributed by atoms with Crippen LogP contribution in [0.15, 0.2) is 0 Å². The Bertz CT molecular complexity index is 330. The molecule has 17 heavy (non-hydrogen) atoms. The van der Waals surface area contributed by atoms with Gasteiger partial charge in [-0.2, -0.15) is 0 Å². The van der Waals surface area contributed by atoms with E-state index >= 15 is 0 Å². The van der Waals surface area contributed by atoms with Crippen LogP contribution in [-0.2, 0) is 0 Å². The van der Waals surface area contributed by atoms with Crippen LogP contribution >= 0.6 is 0 Å². The Morgan fingerprint density at radius 3 is 2.59 bits per heavy atom. The van der Waals surface area contributed by atoms with Crippen LogP contribution in [0.1, 0.15) is 52.4 Å². The lowest BCUT2D eigenvalue weighted by Gasteiger charge is -2.34. The number of alkyl halides is 2. The van der Waals surface area contributed by atoms with Crippen LogP contribution in [-0.4, -0.2) is 29.5 Å². The minimum Gasteiger partial charge on any atom is -0.297 e. The van der Waals surface area contributed by atoms with Gasteiger partial charge < -0.3 is 0 Å². The Labute approximate surface area is 103 Å². The summed E-state index contributed by atoms with van der Waals surface area (Å²) >= 11 is 0. The maximum Gasteiger partial charge on any atom is 0.255 e. The minimum atomic E-state index is -2.36. The minimum absolute atomic E-state index is 0.134. The zero-order valence-electron chi connectivity index (χ0n) is 10.9. The second-order valence-electron chi connectivity index (χ2n) is 6.81. The normalized spacial score (nSPS) is 45.2. The van der Waals surface area contributed by atoms with Gasteiger partial charge in [-0.15, -0.1) is 0 Å². The van der Waals surface area contributed by atoms with Crippen molar-refractivity contribution >= 4 is 0 Å². The number of hydrogen-bond donors (Lipinski definition) is 0. The van der Waals surface area contributed by atoms with E-state index in [1.807, 2.05) is 0 Å². The van der Waals surface area contributed by atoms with Gasteiger partial charge in [-0.1, -0.05) is 20.3 Å². The summed E-state index contributed by atoms with van der Waals surface area (Å²) in [5.74, 6) is -1.70. The molecule has 0 bridgehead atoms. The quantitative estimate of drug-likeness (QED) is 0.730. The molecule has 98 valence electrons. The molecule has 2 heterocycles. The molecule has 2 saturated heterocycles. The third kappa shape index (κ3) is 1.57. The third-order valence-corrected chi connectivity index (χ3v) is 5.54. The first kappa shape index (κ1) is 11.9. The molecule has 1 aliphatic carbocycles. The zero-order chi connectivity index (χ0) is 12.3. The van der Waals surface area contributed by atoms with Crippen LogP contribution in [0.25, 0.3) is 0 Å². The van der Waals surface area contributed by atoms with Crippen molar-refractivity contribution < 1.29 is 8.78 Å². The van der Waals surface area contributed by atoms with Crippen LogP contribution in [0, 0.1) is 11.3 Å². The van der Waals surface area contributed by atoms with Crippen LogP contribution in [0.2, 0.25) is 0 Å². The summed E-state index contributed by atoms with van der Waals surface area (Å²) in [5, 5.41) is 0. The molecule has 3 fully saturated rings. The van der Waals surface area contributed by atoms with Gasteiger partial charge in [0.15, 0.2) is 0 Å². The predicted octanol–water partition coefficient (Wildman–Crippen LogP) is 3.69. The smallest absolute Gasteiger partial charge is 0.255 e. The fraction of sp³-hybridized carbons (Fsp3) is 1.00. The van der Waals surface area contributed by atoms with E-state index in [9.17, 15) is 8.78 Å². The molecule has 1 nitrogen and oxygen atoms in total. The number of fused-ring (bicyclic) bond motifs is 1. The molecule has 3 heteroatoms. The summed E-state index contributed by atoms with van der Waals surface area (Å²) in [6, 6.07) is 0. The lowest BCUT2D eigenvalue weighted by Crippen LogP contribution is -2.39. The van der Waals surface area contributed by atoms with E-state index < -0.39 is 11.3 Å². The summed E-state index contributed by atoms with van der Waals surface area (Å²) in [7, 11) is 0. The topological polar surface area (TPSA) is 3.24 Å². The van der Waals surface area contributed by atoms with E-state index in [1.54, 1.807) is 0 Å². The van der Waals surface area contributed by atoms with E-state index in [4.69, 9.17) is 0 Å². The van der Waals surface area contributed by atoms with Gasteiger partial charge in [0.05, 0.1) is 5.41 Å². The molecule has 0 amide bonds. The molecule has 1 saturated carbocycles. The van der Waals surface area contributed by atoms with E-state index in [1.165, 1.54) is 12.8 Å². The van der Waals surface area contributed by atoms with E-state index in [0.717, 1.165) is 25.8 Å². The molecule has 1 unspecified atom stereocenters. The van der Waals surface area contributed by atoms with Crippen molar-refractivity contribution in [2.75, 3.05) is 13.1 Å². The number of hydrogen-bond acceptors (Lipinski definition) is 1. The van der Waals surface area contributed by atoms with Crippen molar-refractivity contribution in [3.63, 3.8) is 0 Å². The summed E-state index contributed by atoms with van der Waals surface area (Å²) in [6.45, 7) is 6.18. The second-order valence-corrected chi connectivity index (χ2v) is 6.81. The molecule has 0 radical (unpaired) electrons. The Balaban J connectivity index is 1.79. The predicted molar refractivity (Wildman–Crippen MR) is 64.2 cm³/mol. The molecular weight excluding hydrogens is 220 g/mol. The van der Waals surface area contributed by atoms with Gasteiger partial charge in [-0.25, -0.2) is 8.78 Å². The molecule has 2 aliphatic heterocycles. The van der Waals surface area contributed by atoms with Crippen LogP contribution in [0.3, 0.4) is 0 Å². The van der Waals surface area contributed by atoms with E-state index in [0.29, 0.717) is 12.5 Å². The molecule has 3 rings (SSSR count). The summed E-state index contributed by atoms with van der Waals surface area (Å²) < 4.78 is 27.1. The lowest BCUT2D eigenvalue weighted by atomic mass is 9.80. The van der Waals surface area contributed by atoms with Gasteiger partial charge in [0.1, 0.15) is 0 Å².